The summed E-state index contributed by atoms with van der Waals surface area (Å²) in [5.41, 5.74) is 1.04. The Hall–Kier alpha value is -1.73. The van der Waals surface area contributed by atoms with Crippen LogP contribution in [0.15, 0.2) is 18.2 Å². The van der Waals surface area contributed by atoms with Gasteiger partial charge in [-0.2, -0.15) is 5.26 Å². The van der Waals surface area contributed by atoms with Crippen molar-refractivity contribution < 1.29 is 9.47 Å². The number of nitrogens with one attached hydrogen (secondary N) is 1. The first kappa shape index (κ1) is 13.7. The van der Waals surface area contributed by atoms with Crippen LogP contribution in [0, 0.1) is 11.3 Å². The fourth-order valence-corrected chi connectivity index (χ4v) is 1.88. The Labute approximate surface area is 114 Å². The van der Waals surface area contributed by atoms with Gasteiger partial charge in [0.1, 0.15) is 6.07 Å². The van der Waals surface area contributed by atoms with Gasteiger partial charge in [-0.15, -0.1) is 0 Å². The van der Waals surface area contributed by atoms with Crippen molar-refractivity contribution in [1.29, 1.82) is 5.26 Å². The van der Waals surface area contributed by atoms with Crippen LogP contribution < -0.4 is 14.8 Å². The summed E-state index contributed by atoms with van der Waals surface area (Å²) in [5.74, 6) is 1.37. The molecule has 4 heteroatoms. The molecule has 1 aliphatic carbocycles. The van der Waals surface area contributed by atoms with E-state index in [0.717, 1.165) is 12.1 Å². The Balaban J connectivity index is 2.17. The minimum absolute atomic E-state index is 0.434. The van der Waals surface area contributed by atoms with Crippen LogP contribution in [0.5, 0.6) is 11.5 Å². The number of nitriles is 1. The second-order valence-electron chi connectivity index (χ2n) is 4.75. The molecule has 4 nitrogen and oxygen atoms in total. The van der Waals surface area contributed by atoms with Crippen molar-refractivity contribution in [2.24, 2.45) is 0 Å². The van der Waals surface area contributed by atoms with Gasteiger partial charge < -0.3 is 14.8 Å². The average molecular weight is 260 g/mol. The molecule has 1 aromatic carbocycles. The molecule has 102 valence electrons. The fourth-order valence-electron chi connectivity index (χ4n) is 1.88. The van der Waals surface area contributed by atoms with Crippen LogP contribution in [0.4, 0.5) is 0 Å². The van der Waals surface area contributed by atoms with Gasteiger partial charge in [-0.1, -0.05) is 19.1 Å². The Morgan fingerprint density at radius 1 is 1.47 bits per heavy atom. The lowest BCUT2D eigenvalue weighted by Gasteiger charge is -2.17. The van der Waals surface area contributed by atoms with Crippen LogP contribution in [0.25, 0.3) is 0 Å². The molecular weight excluding hydrogens is 240 g/mol. The van der Waals surface area contributed by atoms with Gasteiger partial charge in [0.25, 0.3) is 0 Å². The lowest BCUT2D eigenvalue weighted by Crippen LogP contribution is -2.18. The van der Waals surface area contributed by atoms with Crippen molar-refractivity contribution in [3.8, 4) is 17.6 Å². The van der Waals surface area contributed by atoms with Crippen LogP contribution in [-0.2, 0) is 6.54 Å². The number of hydrogen-bond acceptors (Lipinski definition) is 4. The summed E-state index contributed by atoms with van der Waals surface area (Å²) in [6.45, 7) is 2.69. The Kier molecular flexibility index (Phi) is 4.64. The van der Waals surface area contributed by atoms with Crippen LogP contribution in [0.2, 0.25) is 0 Å². The first-order valence-electron chi connectivity index (χ1n) is 6.74. The van der Waals surface area contributed by atoms with Crippen molar-refractivity contribution in [3.05, 3.63) is 23.8 Å². The first-order chi connectivity index (χ1) is 9.28. The Bertz CT molecular complexity index is 464. The van der Waals surface area contributed by atoms with E-state index in [-0.39, 0.29) is 0 Å². The van der Waals surface area contributed by atoms with E-state index < -0.39 is 6.10 Å². The third-order valence-electron chi connectivity index (χ3n) is 3.21. The standard InChI is InChI=1S/C15H20N2O2/c1-3-13(9-16)19-15-11(10-17-12-7-8-12)5-4-6-14(15)18-2/h4-6,12-13,17H,3,7-8,10H2,1-2H3. The summed E-state index contributed by atoms with van der Waals surface area (Å²) in [4.78, 5) is 0. The highest BCUT2D eigenvalue weighted by atomic mass is 16.5. The van der Waals surface area contributed by atoms with E-state index in [4.69, 9.17) is 14.7 Å². The Morgan fingerprint density at radius 2 is 2.26 bits per heavy atom. The second-order valence-corrected chi connectivity index (χ2v) is 4.75. The van der Waals surface area contributed by atoms with Gasteiger partial charge in [0.2, 0.25) is 0 Å². The third kappa shape index (κ3) is 3.62. The number of ether oxygens (including phenoxy) is 2. The van der Waals surface area contributed by atoms with Crippen molar-refractivity contribution in [3.63, 3.8) is 0 Å². The number of rotatable bonds is 7. The molecule has 1 saturated carbocycles. The monoisotopic (exact) mass is 260 g/mol. The number of nitrogens with zero attached hydrogens (tertiary/aromatic N) is 1. The lowest BCUT2D eigenvalue weighted by molar-refractivity contribution is 0.236. The van der Waals surface area contributed by atoms with Gasteiger partial charge in [-0.3, -0.25) is 0 Å². The molecule has 0 amide bonds. The number of methoxy groups -OCH3 is 1. The van der Waals surface area contributed by atoms with Gasteiger partial charge in [0.15, 0.2) is 17.6 Å². The highest BCUT2D eigenvalue weighted by molar-refractivity contribution is 5.47. The zero-order chi connectivity index (χ0) is 13.7. The fraction of sp³-hybridized carbons (Fsp3) is 0.533. The average Bonchev–Trinajstić information content (AvgIpc) is 3.27. The summed E-state index contributed by atoms with van der Waals surface area (Å²) in [7, 11) is 1.62. The molecule has 1 aromatic rings. The highest BCUT2D eigenvalue weighted by Crippen LogP contribution is 2.33. The SMILES string of the molecule is CCC(C#N)Oc1c(CNC2CC2)cccc1OC. The number of benzene rings is 1. The van der Waals surface area contributed by atoms with Crippen molar-refractivity contribution >= 4 is 0 Å². The molecule has 0 spiro atoms. The molecule has 1 atom stereocenters. The lowest BCUT2D eigenvalue weighted by atomic mass is 10.1. The molecule has 0 radical (unpaired) electrons. The summed E-state index contributed by atoms with van der Waals surface area (Å²) in [6, 6.07) is 8.61. The molecular formula is C15H20N2O2. The van der Waals surface area contributed by atoms with Crippen LogP contribution >= 0.6 is 0 Å². The van der Waals surface area contributed by atoms with Gasteiger partial charge in [0.05, 0.1) is 7.11 Å². The van der Waals surface area contributed by atoms with E-state index in [0.29, 0.717) is 24.0 Å². The zero-order valence-corrected chi connectivity index (χ0v) is 11.5. The highest BCUT2D eigenvalue weighted by Gasteiger charge is 2.22. The third-order valence-corrected chi connectivity index (χ3v) is 3.21. The summed E-state index contributed by atoms with van der Waals surface area (Å²) in [6.07, 6.45) is 2.71. The molecule has 1 fully saturated rings. The molecule has 0 aromatic heterocycles. The second kappa shape index (κ2) is 6.44. The molecule has 1 N–H and O–H groups in total. The molecule has 1 unspecified atom stereocenters. The quantitative estimate of drug-likeness (QED) is 0.818. The topological polar surface area (TPSA) is 54.3 Å². The van der Waals surface area contributed by atoms with Crippen LogP contribution in [0.3, 0.4) is 0 Å². The smallest absolute Gasteiger partial charge is 0.184 e. The van der Waals surface area contributed by atoms with Crippen molar-refractivity contribution in [2.45, 2.75) is 44.9 Å². The van der Waals surface area contributed by atoms with E-state index in [1.165, 1.54) is 12.8 Å². The predicted molar refractivity (Wildman–Crippen MR) is 73.2 cm³/mol. The maximum Gasteiger partial charge on any atom is 0.184 e. The van der Waals surface area contributed by atoms with E-state index in [9.17, 15) is 0 Å². The van der Waals surface area contributed by atoms with E-state index in [2.05, 4.69) is 11.4 Å². The van der Waals surface area contributed by atoms with Gasteiger partial charge in [-0.05, 0) is 25.3 Å². The maximum absolute atomic E-state index is 9.04. The molecule has 0 saturated heterocycles. The van der Waals surface area contributed by atoms with Crippen molar-refractivity contribution in [2.75, 3.05) is 7.11 Å². The minimum Gasteiger partial charge on any atom is -0.493 e. The molecule has 0 aliphatic heterocycles. The number of para-hydroxylation sites is 1. The first-order valence-corrected chi connectivity index (χ1v) is 6.74. The van der Waals surface area contributed by atoms with Crippen LogP contribution in [-0.4, -0.2) is 19.3 Å². The molecule has 0 heterocycles. The summed E-state index contributed by atoms with van der Waals surface area (Å²) < 4.78 is 11.1. The van der Waals surface area contributed by atoms with Crippen molar-refractivity contribution in [1.82, 2.24) is 5.32 Å². The summed E-state index contributed by atoms with van der Waals surface area (Å²) in [5, 5.41) is 12.5. The largest absolute Gasteiger partial charge is 0.493 e. The van der Waals surface area contributed by atoms with Gasteiger partial charge in [-0.25, -0.2) is 0 Å². The zero-order valence-electron chi connectivity index (χ0n) is 11.5. The minimum atomic E-state index is -0.434. The molecule has 2 rings (SSSR count). The molecule has 1 aliphatic rings. The molecule has 0 bridgehead atoms. The van der Waals surface area contributed by atoms with Gasteiger partial charge in [0, 0.05) is 18.2 Å². The van der Waals surface area contributed by atoms with Gasteiger partial charge >= 0.3 is 0 Å². The molecule has 19 heavy (non-hydrogen) atoms. The summed E-state index contributed by atoms with van der Waals surface area (Å²) >= 11 is 0. The Morgan fingerprint density at radius 3 is 2.84 bits per heavy atom. The normalized spacial score (nSPS) is 15.6. The van der Waals surface area contributed by atoms with E-state index >= 15 is 0 Å². The maximum atomic E-state index is 9.04. The van der Waals surface area contributed by atoms with Crippen LogP contribution in [0.1, 0.15) is 31.7 Å². The predicted octanol–water partition coefficient (Wildman–Crippen LogP) is 2.63. The number of hydrogen-bond donors (Lipinski definition) is 1. The van der Waals surface area contributed by atoms with E-state index in [1.807, 2.05) is 25.1 Å². The van der Waals surface area contributed by atoms with E-state index in [1.54, 1.807) is 7.11 Å².